The van der Waals surface area contributed by atoms with E-state index in [4.69, 9.17) is 15.2 Å². The normalized spacial score (nSPS) is 14.9. The lowest BCUT2D eigenvalue weighted by molar-refractivity contribution is -0.117. The Balaban J connectivity index is 1.93. The molecule has 0 aromatic heterocycles. The Morgan fingerprint density at radius 3 is 2.67 bits per heavy atom. The van der Waals surface area contributed by atoms with Crippen LogP contribution >= 0.6 is 0 Å². The molecule has 0 saturated heterocycles. The first kappa shape index (κ1) is 15.6. The molecule has 0 bridgehead atoms. The van der Waals surface area contributed by atoms with Crippen LogP contribution in [0.3, 0.4) is 0 Å². The van der Waals surface area contributed by atoms with Crippen molar-refractivity contribution in [1.29, 1.82) is 0 Å². The molecule has 1 aromatic carbocycles. The summed E-state index contributed by atoms with van der Waals surface area (Å²) in [4.78, 5) is 12.1. The number of hydrogen-bond acceptors (Lipinski definition) is 4. The van der Waals surface area contributed by atoms with Crippen LogP contribution < -0.4 is 20.5 Å². The van der Waals surface area contributed by atoms with Crippen molar-refractivity contribution >= 4 is 11.6 Å². The van der Waals surface area contributed by atoms with Crippen molar-refractivity contribution in [3.05, 3.63) is 18.2 Å². The van der Waals surface area contributed by atoms with Crippen molar-refractivity contribution in [2.75, 3.05) is 25.1 Å². The third-order valence-electron chi connectivity index (χ3n) is 3.44. The van der Waals surface area contributed by atoms with Crippen LogP contribution in [0.5, 0.6) is 11.5 Å². The molecule has 0 aliphatic carbocycles. The molecule has 0 fully saturated rings. The fourth-order valence-electron chi connectivity index (χ4n) is 2.52. The van der Waals surface area contributed by atoms with Crippen molar-refractivity contribution in [3.8, 4) is 11.5 Å². The zero-order valence-corrected chi connectivity index (χ0v) is 12.7. The Bertz CT molecular complexity index is 488. The Kier molecular flexibility index (Phi) is 5.44. The maximum atomic E-state index is 12.1. The van der Waals surface area contributed by atoms with E-state index in [1.54, 1.807) is 6.07 Å². The predicted molar refractivity (Wildman–Crippen MR) is 82.7 cm³/mol. The highest BCUT2D eigenvalue weighted by molar-refractivity contribution is 5.91. The van der Waals surface area contributed by atoms with Gasteiger partial charge in [-0.3, -0.25) is 4.79 Å². The molecule has 1 aromatic rings. The minimum atomic E-state index is -0.0113. The summed E-state index contributed by atoms with van der Waals surface area (Å²) < 4.78 is 11.0. The van der Waals surface area contributed by atoms with E-state index in [2.05, 4.69) is 19.2 Å². The lowest BCUT2D eigenvalue weighted by Crippen LogP contribution is -2.23. The molecule has 1 aliphatic rings. The zero-order valence-electron chi connectivity index (χ0n) is 12.7. The van der Waals surface area contributed by atoms with E-state index in [0.717, 1.165) is 17.9 Å². The minimum absolute atomic E-state index is 0.0113. The number of nitrogens with one attached hydrogen (secondary N) is 1. The van der Waals surface area contributed by atoms with Crippen LogP contribution in [-0.2, 0) is 4.79 Å². The molecule has 1 atom stereocenters. The summed E-state index contributed by atoms with van der Waals surface area (Å²) in [6.45, 7) is 5.91. The summed E-state index contributed by atoms with van der Waals surface area (Å²) in [6, 6.07) is 5.44. The maximum absolute atomic E-state index is 12.1. The van der Waals surface area contributed by atoms with E-state index in [0.29, 0.717) is 37.8 Å². The van der Waals surface area contributed by atoms with Crippen LogP contribution in [0, 0.1) is 11.8 Å². The van der Waals surface area contributed by atoms with Gasteiger partial charge in [-0.15, -0.1) is 0 Å². The lowest BCUT2D eigenvalue weighted by Gasteiger charge is -2.19. The van der Waals surface area contributed by atoms with Gasteiger partial charge in [0.15, 0.2) is 11.5 Å². The lowest BCUT2D eigenvalue weighted by atomic mass is 9.94. The van der Waals surface area contributed by atoms with E-state index < -0.39 is 0 Å². The van der Waals surface area contributed by atoms with E-state index in [1.807, 2.05) is 12.1 Å². The highest BCUT2D eigenvalue weighted by Crippen LogP contribution is 2.32. The molecular formula is C16H24N2O3. The Hall–Kier alpha value is -1.75. The molecule has 1 unspecified atom stereocenters. The van der Waals surface area contributed by atoms with Gasteiger partial charge in [-0.05, 0) is 36.9 Å². The number of carbonyl (C=O) groups excluding carboxylic acids is 1. The van der Waals surface area contributed by atoms with Gasteiger partial charge < -0.3 is 20.5 Å². The number of nitrogens with two attached hydrogens (primary N) is 1. The van der Waals surface area contributed by atoms with Crippen LogP contribution in [0.15, 0.2) is 18.2 Å². The third kappa shape index (κ3) is 4.63. The van der Waals surface area contributed by atoms with E-state index >= 15 is 0 Å². The number of ether oxygens (including phenoxy) is 2. The van der Waals surface area contributed by atoms with Gasteiger partial charge in [-0.1, -0.05) is 13.8 Å². The van der Waals surface area contributed by atoms with Gasteiger partial charge in [0.1, 0.15) is 13.2 Å². The van der Waals surface area contributed by atoms with Gasteiger partial charge in [0, 0.05) is 18.2 Å². The van der Waals surface area contributed by atoms with Crippen LogP contribution in [0.1, 0.15) is 26.7 Å². The molecule has 21 heavy (non-hydrogen) atoms. The second kappa shape index (κ2) is 7.31. The molecule has 3 N–H and O–H groups in total. The van der Waals surface area contributed by atoms with Crippen LogP contribution in [0.25, 0.3) is 0 Å². The van der Waals surface area contributed by atoms with Crippen molar-refractivity contribution in [3.63, 3.8) is 0 Å². The summed E-state index contributed by atoms with van der Waals surface area (Å²) in [5.41, 5.74) is 6.46. The highest BCUT2D eigenvalue weighted by atomic mass is 16.6. The largest absolute Gasteiger partial charge is 0.486 e. The summed E-state index contributed by atoms with van der Waals surface area (Å²) in [5.74, 6) is 2.15. The van der Waals surface area contributed by atoms with Crippen molar-refractivity contribution in [1.82, 2.24) is 0 Å². The maximum Gasteiger partial charge on any atom is 0.224 e. The number of fused-ring (bicyclic) bond motifs is 1. The van der Waals surface area contributed by atoms with Crippen LogP contribution in [-0.4, -0.2) is 25.7 Å². The Morgan fingerprint density at radius 2 is 2.00 bits per heavy atom. The molecular weight excluding hydrogens is 268 g/mol. The molecule has 0 spiro atoms. The molecule has 1 heterocycles. The first-order valence-corrected chi connectivity index (χ1v) is 7.48. The van der Waals surface area contributed by atoms with Crippen LogP contribution in [0.2, 0.25) is 0 Å². The van der Waals surface area contributed by atoms with Gasteiger partial charge >= 0.3 is 0 Å². The topological polar surface area (TPSA) is 73.6 Å². The Labute approximate surface area is 125 Å². The molecule has 0 saturated carbocycles. The van der Waals surface area contributed by atoms with Gasteiger partial charge in [0.2, 0.25) is 5.91 Å². The van der Waals surface area contributed by atoms with Gasteiger partial charge in [0.05, 0.1) is 0 Å². The molecule has 0 radical (unpaired) electrons. The van der Waals surface area contributed by atoms with E-state index in [1.165, 1.54) is 0 Å². The average Bonchev–Trinajstić information content (AvgIpc) is 2.45. The smallest absolute Gasteiger partial charge is 0.224 e. The van der Waals surface area contributed by atoms with Crippen LogP contribution in [0.4, 0.5) is 5.69 Å². The summed E-state index contributed by atoms with van der Waals surface area (Å²) >= 11 is 0. The number of hydrogen-bond donors (Lipinski definition) is 2. The molecule has 1 amide bonds. The van der Waals surface area contributed by atoms with Crippen molar-refractivity contribution in [2.24, 2.45) is 17.6 Å². The molecule has 5 heteroatoms. The standard InChI is InChI=1S/C16H24N2O3/c1-11(2)7-12(10-17)8-16(19)18-13-3-4-14-15(9-13)21-6-5-20-14/h3-4,9,11-12H,5-8,10,17H2,1-2H3,(H,18,19). The molecule has 5 nitrogen and oxygen atoms in total. The second-order valence-electron chi connectivity index (χ2n) is 5.84. The summed E-state index contributed by atoms with van der Waals surface area (Å²) in [7, 11) is 0. The fourth-order valence-corrected chi connectivity index (χ4v) is 2.52. The first-order chi connectivity index (χ1) is 10.1. The van der Waals surface area contributed by atoms with E-state index in [-0.39, 0.29) is 11.8 Å². The number of rotatable bonds is 6. The number of anilines is 1. The van der Waals surface area contributed by atoms with Crippen molar-refractivity contribution < 1.29 is 14.3 Å². The summed E-state index contributed by atoms with van der Waals surface area (Å²) in [6.07, 6.45) is 1.41. The predicted octanol–water partition coefficient (Wildman–Crippen LogP) is 2.41. The molecule has 2 rings (SSSR count). The zero-order chi connectivity index (χ0) is 15.2. The van der Waals surface area contributed by atoms with Crippen molar-refractivity contribution in [2.45, 2.75) is 26.7 Å². The SMILES string of the molecule is CC(C)CC(CN)CC(=O)Nc1ccc2c(c1)OCCO2. The second-order valence-corrected chi connectivity index (χ2v) is 5.84. The highest BCUT2D eigenvalue weighted by Gasteiger charge is 2.16. The fraction of sp³-hybridized carbons (Fsp3) is 0.562. The monoisotopic (exact) mass is 292 g/mol. The average molecular weight is 292 g/mol. The van der Waals surface area contributed by atoms with Gasteiger partial charge in [-0.25, -0.2) is 0 Å². The number of amides is 1. The molecule has 116 valence electrons. The first-order valence-electron chi connectivity index (χ1n) is 7.48. The van der Waals surface area contributed by atoms with Gasteiger partial charge in [0.25, 0.3) is 0 Å². The quantitative estimate of drug-likeness (QED) is 0.844. The molecule has 1 aliphatic heterocycles. The third-order valence-corrected chi connectivity index (χ3v) is 3.44. The Morgan fingerprint density at radius 1 is 1.29 bits per heavy atom. The number of benzene rings is 1. The minimum Gasteiger partial charge on any atom is -0.486 e. The van der Waals surface area contributed by atoms with E-state index in [9.17, 15) is 4.79 Å². The van der Waals surface area contributed by atoms with Gasteiger partial charge in [-0.2, -0.15) is 0 Å². The number of carbonyl (C=O) groups is 1. The summed E-state index contributed by atoms with van der Waals surface area (Å²) in [5, 5.41) is 2.90.